The number of aromatic nitrogens is 2. The maximum absolute atomic E-state index is 12.4. The van der Waals surface area contributed by atoms with Crippen molar-refractivity contribution in [3.05, 3.63) is 65.5 Å². The highest BCUT2D eigenvalue weighted by Crippen LogP contribution is 2.26. The van der Waals surface area contributed by atoms with E-state index in [2.05, 4.69) is 21.6 Å². The molecule has 0 bridgehead atoms. The Balaban J connectivity index is 1.25. The molecule has 0 radical (unpaired) electrons. The van der Waals surface area contributed by atoms with Crippen LogP contribution in [0.1, 0.15) is 36.3 Å². The van der Waals surface area contributed by atoms with Crippen molar-refractivity contribution in [3.63, 3.8) is 0 Å². The van der Waals surface area contributed by atoms with Crippen LogP contribution in [0.5, 0.6) is 0 Å². The van der Waals surface area contributed by atoms with Gasteiger partial charge in [0.15, 0.2) is 0 Å². The molecule has 4 rings (SSSR count). The van der Waals surface area contributed by atoms with Crippen LogP contribution in [0, 0.1) is 6.92 Å². The van der Waals surface area contributed by atoms with Crippen LogP contribution in [0.25, 0.3) is 11.5 Å². The first kappa shape index (κ1) is 21.6. The number of hydrogen-bond acceptors (Lipinski definition) is 6. The lowest BCUT2D eigenvalue weighted by Crippen LogP contribution is -2.17. The number of hydrogen-bond donors (Lipinski definition) is 1. The minimum atomic E-state index is -0.0654. The number of ether oxygens (including phenoxy) is 1. The first-order valence-electron chi connectivity index (χ1n) is 10.6. The van der Waals surface area contributed by atoms with Gasteiger partial charge in [-0.05, 0) is 49.6 Å². The maximum Gasteiger partial charge on any atom is 0.247 e. The van der Waals surface area contributed by atoms with Crippen LogP contribution in [0.3, 0.4) is 0 Å². The lowest BCUT2D eigenvalue weighted by molar-refractivity contribution is -0.116. The molecule has 31 heavy (non-hydrogen) atoms. The van der Waals surface area contributed by atoms with Crippen molar-refractivity contribution in [2.24, 2.45) is 0 Å². The molecule has 1 aliphatic heterocycles. The Kier molecular flexibility index (Phi) is 7.38. The van der Waals surface area contributed by atoms with Crippen molar-refractivity contribution in [2.75, 3.05) is 18.5 Å². The van der Waals surface area contributed by atoms with Gasteiger partial charge in [-0.15, -0.1) is 10.2 Å². The van der Waals surface area contributed by atoms with Crippen molar-refractivity contribution in [1.29, 1.82) is 0 Å². The Morgan fingerprint density at radius 1 is 1.13 bits per heavy atom. The van der Waals surface area contributed by atoms with Crippen LogP contribution in [0.2, 0.25) is 0 Å². The molecule has 7 heteroatoms. The number of rotatable bonds is 8. The van der Waals surface area contributed by atoms with Gasteiger partial charge in [0, 0.05) is 48.3 Å². The van der Waals surface area contributed by atoms with Gasteiger partial charge >= 0.3 is 0 Å². The van der Waals surface area contributed by atoms with E-state index in [-0.39, 0.29) is 12.3 Å². The number of aryl methyl sites for hydroxylation is 2. The van der Waals surface area contributed by atoms with E-state index >= 15 is 0 Å². The van der Waals surface area contributed by atoms with Gasteiger partial charge in [0.1, 0.15) is 0 Å². The van der Waals surface area contributed by atoms with Gasteiger partial charge in [-0.2, -0.15) is 11.8 Å². The zero-order valence-corrected chi connectivity index (χ0v) is 18.5. The fraction of sp³-hybridized carbons (Fsp3) is 0.375. The molecule has 2 heterocycles. The molecule has 1 aliphatic rings. The predicted octanol–water partition coefficient (Wildman–Crippen LogP) is 5.03. The molecule has 1 N–H and O–H groups in total. The highest BCUT2D eigenvalue weighted by atomic mass is 32.2. The second kappa shape index (κ2) is 10.6. The molecule has 0 unspecified atom stereocenters. The van der Waals surface area contributed by atoms with E-state index in [9.17, 15) is 4.79 Å². The Hall–Kier alpha value is -2.64. The first-order valence-corrected chi connectivity index (χ1v) is 11.7. The minimum Gasteiger partial charge on any atom is -0.421 e. The summed E-state index contributed by atoms with van der Waals surface area (Å²) in [7, 11) is 0. The monoisotopic (exact) mass is 437 g/mol. The Morgan fingerprint density at radius 3 is 2.74 bits per heavy atom. The molecule has 0 saturated carbocycles. The quantitative estimate of drug-likeness (QED) is 0.533. The zero-order chi connectivity index (χ0) is 21.5. The summed E-state index contributed by atoms with van der Waals surface area (Å²) < 4.78 is 11.1. The molecule has 1 fully saturated rings. The van der Waals surface area contributed by atoms with Crippen molar-refractivity contribution in [3.8, 4) is 11.5 Å². The highest BCUT2D eigenvalue weighted by molar-refractivity contribution is 7.99. The average Bonchev–Trinajstić information content (AvgIpc) is 3.27. The second-order valence-electron chi connectivity index (χ2n) is 7.74. The number of nitrogens with zero attached hydrogens (tertiary/aromatic N) is 2. The molecule has 3 aromatic rings. The number of carbonyl (C=O) groups is 1. The number of amides is 1. The molecule has 0 spiro atoms. The van der Waals surface area contributed by atoms with Crippen LogP contribution in [0.4, 0.5) is 5.69 Å². The minimum absolute atomic E-state index is 0.0654. The van der Waals surface area contributed by atoms with Gasteiger partial charge < -0.3 is 14.5 Å². The lowest BCUT2D eigenvalue weighted by Gasteiger charge is -2.21. The third-order valence-corrected chi connectivity index (χ3v) is 6.64. The van der Waals surface area contributed by atoms with Gasteiger partial charge in [0.25, 0.3) is 0 Å². The molecule has 2 aromatic carbocycles. The SMILES string of the molecule is Cc1ccc(-c2nnc(CCC(=O)Nc3cccc(CSC4CCOCC4)c3)o2)cc1. The van der Waals surface area contributed by atoms with Crippen LogP contribution in [0.15, 0.2) is 52.9 Å². The number of carbonyl (C=O) groups excluding carboxylic acids is 1. The lowest BCUT2D eigenvalue weighted by atomic mass is 10.1. The maximum atomic E-state index is 12.4. The summed E-state index contributed by atoms with van der Waals surface area (Å²) in [6.07, 6.45) is 2.92. The van der Waals surface area contributed by atoms with E-state index in [1.54, 1.807) is 0 Å². The van der Waals surface area contributed by atoms with Crippen LogP contribution in [-0.2, 0) is 21.7 Å². The molecule has 1 saturated heterocycles. The fourth-order valence-corrected chi connectivity index (χ4v) is 4.54. The van der Waals surface area contributed by atoms with Crippen LogP contribution >= 0.6 is 11.8 Å². The Labute approximate surface area is 186 Å². The molecular weight excluding hydrogens is 410 g/mol. The fourth-order valence-electron chi connectivity index (χ4n) is 3.41. The third-order valence-electron chi connectivity index (χ3n) is 5.20. The smallest absolute Gasteiger partial charge is 0.247 e. The predicted molar refractivity (Wildman–Crippen MR) is 123 cm³/mol. The van der Waals surface area contributed by atoms with Crippen molar-refractivity contribution >= 4 is 23.4 Å². The molecule has 162 valence electrons. The average molecular weight is 438 g/mol. The first-order chi connectivity index (χ1) is 15.2. The summed E-state index contributed by atoms with van der Waals surface area (Å²) in [6, 6.07) is 16.0. The van der Waals surface area contributed by atoms with E-state index in [4.69, 9.17) is 9.15 Å². The van der Waals surface area contributed by atoms with Crippen molar-refractivity contribution in [2.45, 2.75) is 43.6 Å². The highest BCUT2D eigenvalue weighted by Gasteiger charge is 2.14. The Bertz CT molecular complexity index is 997. The second-order valence-corrected chi connectivity index (χ2v) is 9.03. The number of benzene rings is 2. The summed E-state index contributed by atoms with van der Waals surface area (Å²) in [6.45, 7) is 3.75. The van der Waals surface area contributed by atoms with E-state index < -0.39 is 0 Å². The van der Waals surface area contributed by atoms with Gasteiger partial charge in [-0.3, -0.25) is 4.79 Å². The van der Waals surface area contributed by atoms with Crippen molar-refractivity contribution < 1.29 is 13.9 Å². The van der Waals surface area contributed by atoms with Crippen LogP contribution in [-0.4, -0.2) is 34.6 Å². The summed E-state index contributed by atoms with van der Waals surface area (Å²) in [5, 5.41) is 11.8. The molecule has 1 aromatic heterocycles. The number of anilines is 1. The molecular formula is C24H27N3O3S. The summed E-state index contributed by atoms with van der Waals surface area (Å²) in [4.78, 5) is 12.4. The number of nitrogens with one attached hydrogen (secondary N) is 1. The van der Waals surface area contributed by atoms with Gasteiger partial charge in [-0.1, -0.05) is 29.8 Å². The number of thioether (sulfide) groups is 1. The standard InChI is InChI=1S/C24H27N3O3S/c1-17-5-7-19(8-6-17)24-27-26-23(30-24)10-9-22(28)25-20-4-2-3-18(15-20)16-31-21-11-13-29-14-12-21/h2-8,15,21H,9-14,16H2,1H3,(H,25,28). The zero-order valence-electron chi connectivity index (χ0n) is 17.7. The molecule has 0 aliphatic carbocycles. The van der Waals surface area contributed by atoms with Crippen molar-refractivity contribution in [1.82, 2.24) is 10.2 Å². The van der Waals surface area contributed by atoms with Gasteiger partial charge in [0.2, 0.25) is 17.7 Å². The summed E-state index contributed by atoms with van der Waals surface area (Å²) >= 11 is 1.97. The van der Waals surface area contributed by atoms with E-state index in [1.165, 1.54) is 11.1 Å². The topological polar surface area (TPSA) is 77.2 Å². The van der Waals surface area contributed by atoms with Gasteiger partial charge in [0.05, 0.1) is 0 Å². The van der Waals surface area contributed by atoms with Gasteiger partial charge in [-0.25, -0.2) is 0 Å². The summed E-state index contributed by atoms with van der Waals surface area (Å²) in [5.41, 5.74) is 4.09. The molecule has 1 amide bonds. The molecule has 6 nitrogen and oxygen atoms in total. The van der Waals surface area contributed by atoms with E-state index in [0.29, 0.717) is 23.5 Å². The largest absolute Gasteiger partial charge is 0.421 e. The molecule has 0 atom stereocenters. The summed E-state index contributed by atoms with van der Waals surface area (Å²) in [5.74, 6) is 1.82. The Morgan fingerprint density at radius 2 is 1.94 bits per heavy atom. The van der Waals surface area contributed by atoms with Crippen LogP contribution < -0.4 is 5.32 Å². The van der Waals surface area contributed by atoms with E-state index in [1.807, 2.05) is 61.2 Å². The van der Waals surface area contributed by atoms with E-state index in [0.717, 1.165) is 43.1 Å². The normalized spacial score (nSPS) is 14.5. The third kappa shape index (κ3) is 6.42.